The Morgan fingerprint density at radius 3 is 2.50 bits per heavy atom. The van der Waals surface area contributed by atoms with Gasteiger partial charge in [-0.2, -0.15) is 5.10 Å². The van der Waals surface area contributed by atoms with Gasteiger partial charge in [-0.05, 0) is 38.3 Å². The topological polar surface area (TPSA) is 79.2 Å². The molecule has 130 valence electrons. The van der Waals surface area contributed by atoms with Gasteiger partial charge in [-0.3, -0.25) is 0 Å². The Bertz CT molecular complexity index is 680. The first kappa shape index (κ1) is 18.0. The lowest BCUT2D eigenvalue weighted by molar-refractivity contribution is 0.227. The van der Waals surface area contributed by atoms with Crippen molar-refractivity contribution in [2.24, 2.45) is 5.92 Å². The van der Waals surface area contributed by atoms with Crippen molar-refractivity contribution in [2.45, 2.75) is 40.2 Å². The minimum atomic E-state index is -0.277. The van der Waals surface area contributed by atoms with E-state index < -0.39 is 0 Å². The average molecular weight is 330 g/mol. The molecule has 0 saturated heterocycles. The minimum absolute atomic E-state index is 0.0487. The van der Waals surface area contributed by atoms with Gasteiger partial charge in [0.1, 0.15) is 0 Å². The first-order valence-corrected chi connectivity index (χ1v) is 8.24. The number of carbonyl (C=O) groups is 1. The molecular formula is C18H26N4O2. The van der Waals surface area contributed by atoms with Crippen molar-refractivity contribution < 1.29 is 9.90 Å². The first-order chi connectivity index (χ1) is 11.4. The van der Waals surface area contributed by atoms with Crippen LogP contribution in [0.3, 0.4) is 0 Å². The third-order valence-electron chi connectivity index (χ3n) is 4.09. The second kappa shape index (κ2) is 7.97. The Hall–Kier alpha value is -2.34. The van der Waals surface area contributed by atoms with Crippen molar-refractivity contribution in [3.63, 3.8) is 0 Å². The summed E-state index contributed by atoms with van der Waals surface area (Å²) >= 11 is 0. The molecule has 1 aromatic carbocycles. The number of nitrogens with zero attached hydrogens (tertiary/aromatic N) is 2. The van der Waals surface area contributed by atoms with Gasteiger partial charge in [0.15, 0.2) is 0 Å². The van der Waals surface area contributed by atoms with Crippen LogP contribution in [0.25, 0.3) is 5.69 Å². The van der Waals surface area contributed by atoms with Gasteiger partial charge in [0, 0.05) is 12.6 Å². The van der Waals surface area contributed by atoms with E-state index >= 15 is 0 Å². The summed E-state index contributed by atoms with van der Waals surface area (Å²) in [6.07, 6.45) is 0.534. The van der Waals surface area contributed by atoms with Gasteiger partial charge in [-0.25, -0.2) is 9.48 Å². The van der Waals surface area contributed by atoms with Crippen LogP contribution in [0.4, 0.5) is 10.5 Å². The lowest BCUT2D eigenvalue weighted by Crippen LogP contribution is -2.41. The Morgan fingerprint density at radius 1 is 1.25 bits per heavy atom. The molecule has 0 aliphatic heterocycles. The summed E-state index contributed by atoms with van der Waals surface area (Å²) in [5.74, 6) is 0.247. The van der Waals surface area contributed by atoms with E-state index in [-0.39, 0.29) is 24.6 Å². The fourth-order valence-electron chi connectivity index (χ4n) is 2.67. The molecule has 1 heterocycles. The molecule has 1 atom stereocenters. The molecule has 0 bridgehead atoms. The zero-order valence-corrected chi connectivity index (χ0v) is 14.7. The van der Waals surface area contributed by atoms with Crippen LogP contribution in [0.5, 0.6) is 0 Å². The molecule has 0 radical (unpaired) electrons. The molecule has 2 amide bonds. The summed E-state index contributed by atoms with van der Waals surface area (Å²) in [5, 5.41) is 19.5. The van der Waals surface area contributed by atoms with E-state index in [0.29, 0.717) is 12.1 Å². The van der Waals surface area contributed by atoms with E-state index in [1.54, 1.807) is 0 Å². The SMILES string of the molecule is Cc1nn(-c2ccccc2)c(C)c1NC(=O)N[C@H](CCO)C(C)C. The van der Waals surface area contributed by atoms with Gasteiger partial charge >= 0.3 is 6.03 Å². The summed E-state index contributed by atoms with van der Waals surface area (Å²) < 4.78 is 1.82. The minimum Gasteiger partial charge on any atom is -0.396 e. The van der Waals surface area contributed by atoms with Gasteiger partial charge in [-0.15, -0.1) is 0 Å². The second-order valence-electron chi connectivity index (χ2n) is 6.25. The van der Waals surface area contributed by atoms with Crippen molar-refractivity contribution in [3.05, 3.63) is 41.7 Å². The molecule has 6 nitrogen and oxygen atoms in total. The summed E-state index contributed by atoms with van der Waals surface area (Å²) in [7, 11) is 0. The van der Waals surface area contributed by atoms with Crippen molar-refractivity contribution in [2.75, 3.05) is 11.9 Å². The highest BCUT2D eigenvalue weighted by molar-refractivity contribution is 5.90. The molecule has 2 rings (SSSR count). The van der Waals surface area contributed by atoms with Crippen molar-refractivity contribution in [1.29, 1.82) is 0 Å². The maximum atomic E-state index is 12.3. The average Bonchev–Trinajstić information content (AvgIpc) is 2.83. The van der Waals surface area contributed by atoms with E-state index in [1.165, 1.54) is 0 Å². The number of anilines is 1. The summed E-state index contributed by atoms with van der Waals surface area (Å²) in [6.45, 7) is 7.88. The molecule has 0 aliphatic rings. The number of aliphatic hydroxyl groups excluding tert-OH is 1. The van der Waals surface area contributed by atoms with Gasteiger partial charge in [0.25, 0.3) is 0 Å². The molecule has 2 aromatic rings. The van der Waals surface area contributed by atoms with Crippen LogP contribution >= 0.6 is 0 Å². The third kappa shape index (κ3) is 4.14. The zero-order valence-electron chi connectivity index (χ0n) is 14.7. The van der Waals surface area contributed by atoms with Crippen molar-refractivity contribution in [1.82, 2.24) is 15.1 Å². The van der Waals surface area contributed by atoms with Gasteiger partial charge < -0.3 is 15.7 Å². The van der Waals surface area contributed by atoms with E-state index in [0.717, 1.165) is 17.1 Å². The Kier molecular flexibility index (Phi) is 5.98. The number of aromatic nitrogens is 2. The van der Waals surface area contributed by atoms with E-state index in [1.807, 2.05) is 62.7 Å². The number of aliphatic hydroxyl groups is 1. The number of aryl methyl sites for hydroxylation is 1. The Morgan fingerprint density at radius 2 is 1.92 bits per heavy atom. The number of hydrogen-bond acceptors (Lipinski definition) is 3. The standard InChI is InChI=1S/C18H26N4O2/c1-12(2)16(10-11-23)19-18(24)20-17-13(3)21-22(14(17)4)15-8-6-5-7-9-15/h5-9,12,16,23H,10-11H2,1-4H3,(H2,19,20,24)/t16-/m1/s1. The third-order valence-corrected chi connectivity index (χ3v) is 4.09. The number of amides is 2. The summed E-state index contributed by atoms with van der Waals surface area (Å²) in [5.41, 5.74) is 3.29. The number of rotatable bonds is 6. The highest BCUT2D eigenvalue weighted by Gasteiger charge is 2.19. The fraction of sp³-hybridized carbons (Fsp3) is 0.444. The molecule has 0 unspecified atom stereocenters. The van der Waals surface area contributed by atoms with Crippen LogP contribution in [-0.2, 0) is 0 Å². The number of para-hydroxylation sites is 1. The number of benzene rings is 1. The molecule has 3 N–H and O–H groups in total. The lowest BCUT2D eigenvalue weighted by Gasteiger charge is -2.21. The van der Waals surface area contributed by atoms with Gasteiger partial charge in [0.05, 0.1) is 22.8 Å². The Balaban J connectivity index is 2.15. The van der Waals surface area contributed by atoms with Crippen LogP contribution in [0.1, 0.15) is 31.7 Å². The number of urea groups is 1. The molecule has 0 saturated carbocycles. The number of hydrogen-bond donors (Lipinski definition) is 3. The molecule has 0 aliphatic carbocycles. The maximum Gasteiger partial charge on any atom is 0.319 e. The van der Waals surface area contributed by atoms with Gasteiger partial charge in [0.2, 0.25) is 0 Å². The number of nitrogens with one attached hydrogen (secondary N) is 2. The number of carbonyl (C=O) groups excluding carboxylic acids is 1. The van der Waals surface area contributed by atoms with Crippen LogP contribution in [-0.4, -0.2) is 33.6 Å². The molecule has 6 heteroatoms. The Labute approximate surface area is 142 Å². The summed E-state index contributed by atoms with van der Waals surface area (Å²) in [4.78, 5) is 12.3. The zero-order chi connectivity index (χ0) is 17.7. The first-order valence-electron chi connectivity index (χ1n) is 8.24. The van der Waals surface area contributed by atoms with Crippen LogP contribution < -0.4 is 10.6 Å². The highest BCUT2D eigenvalue weighted by atomic mass is 16.3. The van der Waals surface area contributed by atoms with E-state index in [9.17, 15) is 4.79 Å². The molecule has 1 aromatic heterocycles. The monoisotopic (exact) mass is 330 g/mol. The van der Waals surface area contributed by atoms with E-state index in [2.05, 4.69) is 15.7 Å². The maximum absolute atomic E-state index is 12.3. The predicted octanol–water partition coefficient (Wildman–Crippen LogP) is 3.02. The predicted molar refractivity (Wildman–Crippen MR) is 95.5 cm³/mol. The van der Waals surface area contributed by atoms with Crippen molar-refractivity contribution >= 4 is 11.7 Å². The molecule has 0 spiro atoms. The van der Waals surface area contributed by atoms with Crippen molar-refractivity contribution in [3.8, 4) is 5.69 Å². The summed E-state index contributed by atoms with van der Waals surface area (Å²) in [6, 6.07) is 9.45. The highest BCUT2D eigenvalue weighted by Crippen LogP contribution is 2.22. The van der Waals surface area contributed by atoms with Crippen LogP contribution in [0.15, 0.2) is 30.3 Å². The molecule has 0 fully saturated rings. The van der Waals surface area contributed by atoms with Crippen LogP contribution in [0.2, 0.25) is 0 Å². The lowest BCUT2D eigenvalue weighted by atomic mass is 10.0. The van der Waals surface area contributed by atoms with Crippen LogP contribution in [0, 0.1) is 19.8 Å². The second-order valence-corrected chi connectivity index (χ2v) is 6.25. The molecule has 24 heavy (non-hydrogen) atoms. The van der Waals surface area contributed by atoms with E-state index in [4.69, 9.17) is 5.11 Å². The molecular weight excluding hydrogens is 304 g/mol. The quantitative estimate of drug-likeness (QED) is 0.762. The normalized spacial score (nSPS) is 12.2. The smallest absolute Gasteiger partial charge is 0.319 e. The van der Waals surface area contributed by atoms with Gasteiger partial charge in [-0.1, -0.05) is 32.0 Å². The fourth-order valence-corrected chi connectivity index (χ4v) is 2.67. The largest absolute Gasteiger partial charge is 0.396 e.